The van der Waals surface area contributed by atoms with Crippen LogP contribution in [0.25, 0.3) is 11.4 Å². The van der Waals surface area contributed by atoms with E-state index in [9.17, 15) is 0 Å². The average molecular weight is 295 g/mol. The van der Waals surface area contributed by atoms with Gasteiger partial charge in [-0.25, -0.2) is 9.97 Å². The van der Waals surface area contributed by atoms with E-state index in [1.165, 1.54) is 0 Å². The molecule has 0 aliphatic carbocycles. The molecule has 1 aromatic heterocycles. The van der Waals surface area contributed by atoms with E-state index in [4.69, 9.17) is 9.47 Å². The molecule has 0 saturated carbocycles. The molecule has 1 heterocycles. The summed E-state index contributed by atoms with van der Waals surface area (Å²) in [5.74, 6) is 1.89. The van der Waals surface area contributed by atoms with Crippen LogP contribution >= 0.6 is 15.9 Å². The van der Waals surface area contributed by atoms with Gasteiger partial charge >= 0.3 is 0 Å². The van der Waals surface area contributed by atoms with Crippen LogP contribution in [0.2, 0.25) is 0 Å². The minimum atomic E-state index is 0.593. The molecular weight excluding hydrogens is 284 g/mol. The molecule has 0 saturated heterocycles. The normalized spacial score (nSPS) is 10.1. The van der Waals surface area contributed by atoms with Gasteiger partial charge in [-0.2, -0.15) is 0 Å². The highest BCUT2D eigenvalue weighted by Crippen LogP contribution is 2.36. The molecule has 0 N–H and O–H groups in total. The Morgan fingerprint density at radius 1 is 1.12 bits per heavy atom. The molecule has 0 fully saturated rings. The topological polar surface area (TPSA) is 44.2 Å². The van der Waals surface area contributed by atoms with E-state index in [2.05, 4.69) is 25.9 Å². The molecule has 0 spiro atoms. The highest BCUT2D eigenvalue weighted by Gasteiger charge is 2.13. The molecule has 17 heavy (non-hydrogen) atoms. The van der Waals surface area contributed by atoms with Gasteiger partial charge in [-0.3, -0.25) is 0 Å². The van der Waals surface area contributed by atoms with E-state index in [1.54, 1.807) is 26.5 Å². The molecule has 0 amide bonds. The number of benzene rings is 1. The van der Waals surface area contributed by atoms with E-state index >= 15 is 0 Å². The van der Waals surface area contributed by atoms with Gasteiger partial charge in [0.05, 0.1) is 19.8 Å². The van der Waals surface area contributed by atoms with Gasteiger partial charge in [0.15, 0.2) is 17.3 Å². The van der Waals surface area contributed by atoms with Crippen LogP contribution in [0.5, 0.6) is 11.5 Å². The Morgan fingerprint density at radius 3 is 2.59 bits per heavy atom. The highest BCUT2D eigenvalue weighted by atomic mass is 79.9. The number of nitrogens with zero attached hydrogens (tertiary/aromatic N) is 2. The minimum Gasteiger partial charge on any atom is -0.493 e. The van der Waals surface area contributed by atoms with Crippen LogP contribution in [0, 0.1) is 0 Å². The van der Waals surface area contributed by atoms with Gasteiger partial charge in [-0.05, 0) is 34.1 Å². The number of hydrogen-bond donors (Lipinski definition) is 0. The third-order valence-electron chi connectivity index (χ3n) is 2.27. The van der Waals surface area contributed by atoms with Crippen LogP contribution in [0.4, 0.5) is 0 Å². The lowest BCUT2D eigenvalue weighted by Crippen LogP contribution is -1.96. The Bertz CT molecular complexity index is 532. The lowest BCUT2D eigenvalue weighted by Gasteiger charge is -2.11. The number of methoxy groups -OCH3 is 2. The Labute approximate surface area is 108 Å². The second-order valence-electron chi connectivity index (χ2n) is 3.24. The predicted molar refractivity (Wildman–Crippen MR) is 68.3 cm³/mol. The number of rotatable bonds is 3. The van der Waals surface area contributed by atoms with E-state index in [1.807, 2.05) is 18.2 Å². The summed E-state index contributed by atoms with van der Waals surface area (Å²) in [6.45, 7) is 0. The maximum absolute atomic E-state index is 5.34. The molecular formula is C12H11BrN2O2. The summed E-state index contributed by atoms with van der Waals surface area (Å²) in [6.07, 6.45) is 1.69. The summed E-state index contributed by atoms with van der Waals surface area (Å²) >= 11 is 3.32. The smallest absolute Gasteiger partial charge is 0.171 e. The molecule has 0 aliphatic heterocycles. The van der Waals surface area contributed by atoms with Crippen LogP contribution in [0.15, 0.2) is 35.1 Å². The van der Waals surface area contributed by atoms with Crippen molar-refractivity contribution in [2.24, 2.45) is 0 Å². The van der Waals surface area contributed by atoms with E-state index < -0.39 is 0 Å². The predicted octanol–water partition coefficient (Wildman–Crippen LogP) is 2.92. The Hall–Kier alpha value is -1.62. The zero-order chi connectivity index (χ0) is 12.3. The van der Waals surface area contributed by atoms with Crippen molar-refractivity contribution in [2.75, 3.05) is 14.2 Å². The minimum absolute atomic E-state index is 0.593. The molecule has 1 aromatic carbocycles. The van der Waals surface area contributed by atoms with Gasteiger partial charge in [-0.15, -0.1) is 0 Å². The van der Waals surface area contributed by atoms with Crippen molar-refractivity contribution in [3.05, 3.63) is 35.1 Å². The van der Waals surface area contributed by atoms with Crippen molar-refractivity contribution in [1.29, 1.82) is 0 Å². The second-order valence-corrected chi connectivity index (χ2v) is 4.06. The van der Waals surface area contributed by atoms with Gasteiger partial charge in [0.1, 0.15) is 4.60 Å². The molecule has 4 nitrogen and oxygen atoms in total. The number of ether oxygens (including phenoxy) is 2. The highest BCUT2D eigenvalue weighted by molar-refractivity contribution is 9.10. The molecule has 5 heteroatoms. The van der Waals surface area contributed by atoms with Crippen LogP contribution in [-0.2, 0) is 0 Å². The third-order valence-corrected chi connectivity index (χ3v) is 2.71. The molecule has 0 aliphatic rings. The van der Waals surface area contributed by atoms with E-state index in [-0.39, 0.29) is 0 Å². The fourth-order valence-electron chi connectivity index (χ4n) is 1.53. The molecule has 2 aromatic rings. The average Bonchev–Trinajstić information content (AvgIpc) is 2.37. The first-order valence-electron chi connectivity index (χ1n) is 4.96. The first-order valence-corrected chi connectivity index (χ1v) is 5.75. The molecule has 0 bridgehead atoms. The fourth-order valence-corrected chi connectivity index (χ4v) is 1.82. The van der Waals surface area contributed by atoms with Crippen molar-refractivity contribution >= 4 is 15.9 Å². The van der Waals surface area contributed by atoms with Crippen molar-refractivity contribution < 1.29 is 9.47 Å². The first-order chi connectivity index (χ1) is 8.26. The maximum atomic E-state index is 5.34. The summed E-state index contributed by atoms with van der Waals surface area (Å²) < 4.78 is 11.3. The molecule has 0 radical (unpaired) electrons. The fraction of sp³-hybridized carbons (Fsp3) is 0.167. The molecule has 0 atom stereocenters. The van der Waals surface area contributed by atoms with Gasteiger partial charge in [0.25, 0.3) is 0 Å². The zero-order valence-corrected chi connectivity index (χ0v) is 11.1. The van der Waals surface area contributed by atoms with Crippen LogP contribution in [0.3, 0.4) is 0 Å². The van der Waals surface area contributed by atoms with Crippen LogP contribution < -0.4 is 9.47 Å². The number of hydrogen-bond acceptors (Lipinski definition) is 4. The largest absolute Gasteiger partial charge is 0.493 e. The Kier molecular flexibility index (Phi) is 3.58. The zero-order valence-electron chi connectivity index (χ0n) is 9.48. The standard InChI is InChI=1S/C12H11BrN2O2/c1-16-9-5-3-4-8(11(9)17-2)12-14-7-6-10(13)15-12/h3-7H,1-2H3. The lowest BCUT2D eigenvalue weighted by molar-refractivity contribution is 0.356. The number of para-hydroxylation sites is 1. The third kappa shape index (κ3) is 2.39. The second kappa shape index (κ2) is 5.14. The number of aromatic nitrogens is 2. The maximum Gasteiger partial charge on any atom is 0.171 e. The molecule has 0 unspecified atom stereocenters. The Morgan fingerprint density at radius 2 is 1.94 bits per heavy atom. The lowest BCUT2D eigenvalue weighted by atomic mass is 10.1. The Balaban J connectivity index is 2.59. The SMILES string of the molecule is COc1cccc(-c2nccc(Br)n2)c1OC. The van der Waals surface area contributed by atoms with Crippen molar-refractivity contribution in [2.45, 2.75) is 0 Å². The van der Waals surface area contributed by atoms with E-state index in [0.717, 1.165) is 10.2 Å². The summed E-state index contributed by atoms with van der Waals surface area (Å²) in [5.41, 5.74) is 0.799. The monoisotopic (exact) mass is 294 g/mol. The molecule has 2 rings (SSSR count). The summed E-state index contributed by atoms with van der Waals surface area (Å²) in [5, 5.41) is 0. The number of halogens is 1. The van der Waals surface area contributed by atoms with Gasteiger partial charge < -0.3 is 9.47 Å². The van der Waals surface area contributed by atoms with Crippen LogP contribution in [-0.4, -0.2) is 24.2 Å². The van der Waals surface area contributed by atoms with Crippen molar-refractivity contribution in [3.63, 3.8) is 0 Å². The quantitative estimate of drug-likeness (QED) is 0.817. The van der Waals surface area contributed by atoms with Gasteiger partial charge in [-0.1, -0.05) is 6.07 Å². The van der Waals surface area contributed by atoms with Crippen molar-refractivity contribution in [1.82, 2.24) is 9.97 Å². The van der Waals surface area contributed by atoms with Gasteiger partial charge in [0.2, 0.25) is 0 Å². The molecule has 88 valence electrons. The van der Waals surface area contributed by atoms with E-state index in [0.29, 0.717) is 17.3 Å². The van der Waals surface area contributed by atoms with Gasteiger partial charge in [0, 0.05) is 6.20 Å². The van der Waals surface area contributed by atoms with Crippen molar-refractivity contribution in [3.8, 4) is 22.9 Å². The van der Waals surface area contributed by atoms with Crippen LogP contribution in [0.1, 0.15) is 0 Å². The summed E-state index contributed by atoms with van der Waals surface area (Å²) in [6, 6.07) is 7.38. The first kappa shape index (κ1) is 11.9. The summed E-state index contributed by atoms with van der Waals surface area (Å²) in [7, 11) is 3.20. The summed E-state index contributed by atoms with van der Waals surface area (Å²) in [4.78, 5) is 8.51.